The van der Waals surface area contributed by atoms with Gasteiger partial charge in [0.1, 0.15) is 5.69 Å². The molecule has 7 nitrogen and oxygen atoms in total. The Bertz CT molecular complexity index is 595. The van der Waals surface area contributed by atoms with E-state index in [4.69, 9.17) is 4.74 Å². The summed E-state index contributed by atoms with van der Waals surface area (Å²) in [5.41, 5.74) is 0.940. The molecule has 0 radical (unpaired) electrons. The van der Waals surface area contributed by atoms with Crippen LogP contribution in [-0.4, -0.2) is 33.4 Å². The van der Waals surface area contributed by atoms with Crippen molar-refractivity contribution in [2.75, 3.05) is 6.61 Å². The standard InChI is InChI=1S/C13H14N4O3/c1-2-20-13(19)11-15-8-10(17-11)12(18)16-7-9-5-3-4-6-14-9/h3-6,8H,2,7H2,1H3,(H,15,17)(H,16,18). The van der Waals surface area contributed by atoms with Crippen LogP contribution in [0.3, 0.4) is 0 Å². The molecule has 20 heavy (non-hydrogen) atoms. The molecule has 104 valence electrons. The van der Waals surface area contributed by atoms with Gasteiger partial charge in [0.05, 0.1) is 25.0 Å². The Morgan fingerprint density at radius 3 is 2.90 bits per heavy atom. The van der Waals surface area contributed by atoms with Crippen molar-refractivity contribution >= 4 is 11.9 Å². The monoisotopic (exact) mass is 274 g/mol. The zero-order chi connectivity index (χ0) is 14.4. The van der Waals surface area contributed by atoms with E-state index in [1.54, 1.807) is 25.3 Å². The molecule has 0 bridgehead atoms. The first-order chi connectivity index (χ1) is 9.70. The van der Waals surface area contributed by atoms with Gasteiger partial charge in [0.2, 0.25) is 5.82 Å². The first-order valence-electron chi connectivity index (χ1n) is 6.11. The highest BCUT2D eigenvalue weighted by Crippen LogP contribution is 2.00. The van der Waals surface area contributed by atoms with Crippen LogP contribution in [0.5, 0.6) is 0 Å². The number of aromatic amines is 1. The Morgan fingerprint density at radius 1 is 1.35 bits per heavy atom. The molecule has 0 unspecified atom stereocenters. The SMILES string of the molecule is CCOC(=O)c1ncc(C(=O)NCc2ccccn2)[nH]1. The number of nitrogens with one attached hydrogen (secondary N) is 2. The summed E-state index contributed by atoms with van der Waals surface area (Å²) in [4.78, 5) is 33.8. The number of hydrogen-bond donors (Lipinski definition) is 2. The normalized spacial score (nSPS) is 10.1. The summed E-state index contributed by atoms with van der Waals surface area (Å²) in [5.74, 6) is -0.940. The number of amides is 1. The van der Waals surface area contributed by atoms with Crippen molar-refractivity contribution < 1.29 is 14.3 Å². The Labute approximate surface area is 115 Å². The molecule has 0 aromatic carbocycles. The second kappa shape index (κ2) is 6.46. The maximum Gasteiger partial charge on any atom is 0.374 e. The van der Waals surface area contributed by atoms with E-state index in [-0.39, 0.29) is 24.0 Å². The lowest BCUT2D eigenvalue weighted by Gasteiger charge is -2.02. The molecule has 0 atom stereocenters. The van der Waals surface area contributed by atoms with Crippen LogP contribution in [0, 0.1) is 0 Å². The number of carbonyl (C=O) groups excluding carboxylic acids is 2. The molecule has 2 N–H and O–H groups in total. The largest absolute Gasteiger partial charge is 0.460 e. The second-order valence-corrected chi connectivity index (χ2v) is 3.87. The van der Waals surface area contributed by atoms with Crippen LogP contribution in [-0.2, 0) is 11.3 Å². The van der Waals surface area contributed by atoms with E-state index in [9.17, 15) is 9.59 Å². The van der Waals surface area contributed by atoms with E-state index >= 15 is 0 Å². The maximum absolute atomic E-state index is 11.8. The van der Waals surface area contributed by atoms with Gasteiger partial charge in [0.15, 0.2) is 0 Å². The molecule has 0 aliphatic heterocycles. The van der Waals surface area contributed by atoms with Gasteiger partial charge in [-0.05, 0) is 19.1 Å². The van der Waals surface area contributed by atoms with E-state index in [2.05, 4.69) is 20.3 Å². The minimum absolute atomic E-state index is 0.00911. The molecule has 2 aromatic rings. The zero-order valence-electron chi connectivity index (χ0n) is 10.9. The number of carbonyl (C=O) groups is 2. The summed E-state index contributed by atoms with van der Waals surface area (Å²) < 4.78 is 4.78. The topological polar surface area (TPSA) is 97.0 Å². The highest BCUT2D eigenvalue weighted by molar-refractivity contribution is 5.94. The molecule has 2 rings (SSSR count). The third-order valence-corrected chi connectivity index (χ3v) is 2.45. The van der Waals surface area contributed by atoms with Gasteiger partial charge in [-0.15, -0.1) is 0 Å². The molecule has 0 fully saturated rings. The fourth-order valence-corrected chi connectivity index (χ4v) is 1.51. The molecule has 7 heteroatoms. The second-order valence-electron chi connectivity index (χ2n) is 3.87. The Kier molecular flexibility index (Phi) is 4.43. The lowest BCUT2D eigenvalue weighted by Crippen LogP contribution is -2.23. The van der Waals surface area contributed by atoms with Crippen molar-refractivity contribution in [3.05, 3.63) is 47.8 Å². The molecule has 2 aromatic heterocycles. The highest BCUT2D eigenvalue weighted by Gasteiger charge is 2.14. The molecule has 0 saturated heterocycles. The van der Waals surface area contributed by atoms with Gasteiger partial charge in [-0.3, -0.25) is 9.78 Å². The quantitative estimate of drug-likeness (QED) is 0.790. The number of aromatic nitrogens is 3. The Balaban J connectivity index is 1.94. The van der Waals surface area contributed by atoms with E-state index < -0.39 is 5.97 Å². The van der Waals surface area contributed by atoms with Gasteiger partial charge < -0.3 is 15.0 Å². The molecule has 0 aliphatic rings. The summed E-state index contributed by atoms with van der Waals surface area (Å²) in [7, 11) is 0. The lowest BCUT2D eigenvalue weighted by molar-refractivity contribution is 0.0513. The van der Waals surface area contributed by atoms with Crippen LogP contribution < -0.4 is 5.32 Å². The predicted molar refractivity (Wildman–Crippen MR) is 70.0 cm³/mol. The molecule has 2 heterocycles. The fraction of sp³-hybridized carbons (Fsp3) is 0.231. The van der Waals surface area contributed by atoms with Crippen LogP contribution in [0.25, 0.3) is 0 Å². The number of H-pyrrole nitrogens is 1. The Hall–Kier alpha value is -2.70. The van der Waals surface area contributed by atoms with Crippen LogP contribution in [0.15, 0.2) is 30.6 Å². The van der Waals surface area contributed by atoms with Gasteiger partial charge in [-0.25, -0.2) is 9.78 Å². The minimum atomic E-state index is -0.587. The van der Waals surface area contributed by atoms with Crippen molar-refractivity contribution in [1.82, 2.24) is 20.3 Å². The van der Waals surface area contributed by atoms with E-state index in [1.165, 1.54) is 6.20 Å². The van der Waals surface area contributed by atoms with Crippen LogP contribution in [0.4, 0.5) is 0 Å². The lowest BCUT2D eigenvalue weighted by atomic mass is 10.3. The number of imidazole rings is 1. The summed E-state index contributed by atoms with van der Waals surface area (Å²) in [5, 5.41) is 2.67. The first kappa shape index (κ1) is 13.7. The average molecular weight is 274 g/mol. The number of nitrogens with zero attached hydrogens (tertiary/aromatic N) is 2. The van der Waals surface area contributed by atoms with Crippen molar-refractivity contribution in [2.45, 2.75) is 13.5 Å². The Morgan fingerprint density at radius 2 is 2.20 bits per heavy atom. The van der Waals surface area contributed by atoms with Crippen LogP contribution in [0.2, 0.25) is 0 Å². The third-order valence-electron chi connectivity index (χ3n) is 2.45. The van der Waals surface area contributed by atoms with E-state index in [1.807, 2.05) is 6.07 Å². The van der Waals surface area contributed by atoms with Crippen LogP contribution >= 0.6 is 0 Å². The van der Waals surface area contributed by atoms with Crippen molar-refractivity contribution in [3.8, 4) is 0 Å². The fourth-order valence-electron chi connectivity index (χ4n) is 1.51. The molecule has 1 amide bonds. The molecule has 0 spiro atoms. The third kappa shape index (κ3) is 3.41. The average Bonchev–Trinajstić information content (AvgIpc) is 2.96. The van der Waals surface area contributed by atoms with Gasteiger partial charge in [0, 0.05) is 6.20 Å². The number of hydrogen-bond acceptors (Lipinski definition) is 5. The minimum Gasteiger partial charge on any atom is -0.460 e. The predicted octanol–water partition coefficient (Wildman–Crippen LogP) is 0.911. The highest BCUT2D eigenvalue weighted by atomic mass is 16.5. The number of esters is 1. The maximum atomic E-state index is 11.8. The smallest absolute Gasteiger partial charge is 0.374 e. The van der Waals surface area contributed by atoms with Crippen LogP contribution in [0.1, 0.15) is 33.7 Å². The molecular formula is C13H14N4O3. The molecule has 0 aliphatic carbocycles. The summed E-state index contributed by atoms with van der Waals surface area (Å²) in [6.07, 6.45) is 2.94. The van der Waals surface area contributed by atoms with E-state index in [0.29, 0.717) is 6.54 Å². The summed E-state index contributed by atoms with van der Waals surface area (Å²) in [6, 6.07) is 5.44. The number of pyridine rings is 1. The van der Waals surface area contributed by atoms with Gasteiger partial charge in [-0.2, -0.15) is 0 Å². The summed E-state index contributed by atoms with van der Waals surface area (Å²) >= 11 is 0. The van der Waals surface area contributed by atoms with Crippen molar-refractivity contribution in [2.24, 2.45) is 0 Å². The van der Waals surface area contributed by atoms with E-state index in [0.717, 1.165) is 5.69 Å². The van der Waals surface area contributed by atoms with Gasteiger partial charge in [0.25, 0.3) is 5.91 Å². The first-order valence-corrected chi connectivity index (χ1v) is 6.11. The van der Waals surface area contributed by atoms with Crippen molar-refractivity contribution in [1.29, 1.82) is 0 Å². The zero-order valence-corrected chi connectivity index (χ0v) is 10.9. The molecule has 0 saturated carbocycles. The number of rotatable bonds is 5. The number of ether oxygens (including phenoxy) is 1. The van der Waals surface area contributed by atoms with Crippen molar-refractivity contribution in [3.63, 3.8) is 0 Å². The van der Waals surface area contributed by atoms with Gasteiger partial charge in [-0.1, -0.05) is 6.07 Å². The summed E-state index contributed by atoms with van der Waals surface area (Å²) in [6.45, 7) is 2.25. The molecular weight excluding hydrogens is 260 g/mol. The van der Waals surface area contributed by atoms with Gasteiger partial charge >= 0.3 is 5.97 Å².